The summed E-state index contributed by atoms with van der Waals surface area (Å²) in [4.78, 5) is 16.8. The highest BCUT2D eigenvalue weighted by Crippen LogP contribution is 2.20. The maximum atomic E-state index is 12.3. The Balaban J connectivity index is 1.79. The largest absolute Gasteiger partial charge is 0.352 e. The van der Waals surface area contributed by atoms with Gasteiger partial charge in [0.1, 0.15) is 0 Å². The van der Waals surface area contributed by atoms with Gasteiger partial charge in [0.2, 0.25) is 5.91 Å². The predicted molar refractivity (Wildman–Crippen MR) is 95.8 cm³/mol. The lowest BCUT2D eigenvalue weighted by Crippen LogP contribution is -2.47. The lowest BCUT2D eigenvalue weighted by atomic mass is 10.0. The van der Waals surface area contributed by atoms with E-state index in [2.05, 4.69) is 29.0 Å². The molecule has 1 heterocycles. The van der Waals surface area contributed by atoms with Gasteiger partial charge in [-0.3, -0.25) is 9.69 Å². The van der Waals surface area contributed by atoms with E-state index in [4.69, 9.17) is 11.6 Å². The van der Waals surface area contributed by atoms with Gasteiger partial charge in [-0.25, -0.2) is 0 Å². The molecule has 1 unspecified atom stereocenters. The third-order valence-corrected chi connectivity index (χ3v) is 5.06. The number of rotatable bonds is 6. The Morgan fingerprint density at radius 3 is 2.52 bits per heavy atom. The zero-order valence-corrected chi connectivity index (χ0v) is 15.1. The number of nitrogens with zero attached hydrogens (tertiary/aromatic N) is 2. The number of halogens is 1. The Kier molecular flexibility index (Phi) is 6.88. The molecule has 0 bridgehead atoms. The first kappa shape index (κ1) is 18.2. The van der Waals surface area contributed by atoms with E-state index in [0.717, 1.165) is 37.5 Å². The van der Waals surface area contributed by atoms with Crippen LogP contribution in [0.3, 0.4) is 0 Å². The fourth-order valence-corrected chi connectivity index (χ4v) is 3.15. The highest BCUT2D eigenvalue weighted by molar-refractivity contribution is 6.30. The molecule has 1 N–H and O–H groups in total. The van der Waals surface area contributed by atoms with Gasteiger partial charge in [0, 0.05) is 30.2 Å². The highest BCUT2D eigenvalue weighted by Gasteiger charge is 2.21. The zero-order chi connectivity index (χ0) is 16.8. The van der Waals surface area contributed by atoms with Gasteiger partial charge in [0.05, 0.1) is 6.54 Å². The van der Waals surface area contributed by atoms with E-state index in [1.165, 1.54) is 5.56 Å². The van der Waals surface area contributed by atoms with Crippen LogP contribution < -0.4 is 5.32 Å². The van der Waals surface area contributed by atoms with Gasteiger partial charge in [0.15, 0.2) is 0 Å². The first-order valence-electron chi connectivity index (χ1n) is 8.47. The number of carbonyl (C=O) groups is 1. The van der Waals surface area contributed by atoms with Gasteiger partial charge >= 0.3 is 0 Å². The molecule has 0 spiro atoms. The lowest BCUT2D eigenvalue weighted by molar-refractivity contribution is -0.123. The maximum Gasteiger partial charge on any atom is 0.234 e. The van der Waals surface area contributed by atoms with Crippen molar-refractivity contribution in [1.29, 1.82) is 0 Å². The Morgan fingerprint density at radius 2 is 1.96 bits per heavy atom. The van der Waals surface area contributed by atoms with Crippen LogP contribution in [0.15, 0.2) is 24.3 Å². The molecule has 128 valence electrons. The van der Waals surface area contributed by atoms with Gasteiger partial charge < -0.3 is 10.2 Å². The van der Waals surface area contributed by atoms with Crippen LogP contribution in [-0.2, 0) is 4.79 Å². The summed E-state index contributed by atoms with van der Waals surface area (Å²) in [5, 5.41) is 3.92. The third-order valence-electron chi connectivity index (χ3n) is 4.81. The van der Waals surface area contributed by atoms with Crippen molar-refractivity contribution in [2.75, 3.05) is 33.2 Å². The molecule has 2 rings (SSSR count). The average molecular weight is 338 g/mol. The molecule has 1 amide bonds. The van der Waals surface area contributed by atoms with Gasteiger partial charge in [-0.1, -0.05) is 30.7 Å². The van der Waals surface area contributed by atoms with E-state index in [1.807, 2.05) is 31.3 Å². The smallest absolute Gasteiger partial charge is 0.234 e. The number of benzene rings is 1. The van der Waals surface area contributed by atoms with Crippen LogP contribution in [0, 0.1) is 0 Å². The quantitative estimate of drug-likeness (QED) is 0.867. The normalized spacial score (nSPS) is 18.1. The molecule has 0 aromatic heterocycles. The van der Waals surface area contributed by atoms with Gasteiger partial charge in [-0.15, -0.1) is 0 Å². The Morgan fingerprint density at radius 1 is 1.35 bits per heavy atom. The van der Waals surface area contributed by atoms with Crippen molar-refractivity contribution in [2.45, 2.75) is 38.8 Å². The second-order valence-corrected chi connectivity index (χ2v) is 6.86. The SMILES string of the molecule is CCN1CCC(NC(=O)CN(C)C(C)c2ccc(Cl)cc2)CC1. The maximum absolute atomic E-state index is 12.3. The molecule has 23 heavy (non-hydrogen) atoms. The number of carbonyl (C=O) groups excluding carboxylic acids is 1. The zero-order valence-electron chi connectivity index (χ0n) is 14.4. The molecular weight excluding hydrogens is 310 g/mol. The lowest BCUT2D eigenvalue weighted by Gasteiger charge is -2.32. The molecule has 1 fully saturated rings. The van der Waals surface area contributed by atoms with E-state index in [-0.39, 0.29) is 11.9 Å². The topological polar surface area (TPSA) is 35.6 Å². The summed E-state index contributed by atoms with van der Waals surface area (Å²) in [6, 6.07) is 8.32. The summed E-state index contributed by atoms with van der Waals surface area (Å²) >= 11 is 5.93. The van der Waals surface area contributed by atoms with Gasteiger partial charge in [-0.05, 0) is 51.1 Å². The molecule has 4 nitrogen and oxygen atoms in total. The molecule has 0 radical (unpaired) electrons. The number of hydrogen-bond donors (Lipinski definition) is 1. The van der Waals surface area contributed by atoms with E-state index in [9.17, 15) is 4.79 Å². The molecular formula is C18H28ClN3O. The number of hydrogen-bond acceptors (Lipinski definition) is 3. The molecule has 1 saturated heterocycles. The fraction of sp³-hybridized carbons (Fsp3) is 0.611. The van der Waals surface area contributed by atoms with Crippen LogP contribution in [0.25, 0.3) is 0 Å². The van der Waals surface area contributed by atoms with Crippen molar-refractivity contribution < 1.29 is 4.79 Å². The number of piperidine rings is 1. The first-order chi connectivity index (χ1) is 11.0. The summed E-state index contributed by atoms with van der Waals surface area (Å²) in [5.41, 5.74) is 1.17. The fourth-order valence-electron chi connectivity index (χ4n) is 3.03. The van der Waals surface area contributed by atoms with Crippen molar-refractivity contribution >= 4 is 17.5 Å². The highest BCUT2D eigenvalue weighted by atomic mass is 35.5. The van der Waals surface area contributed by atoms with Crippen molar-refractivity contribution in [2.24, 2.45) is 0 Å². The van der Waals surface area contributed by atoms with E-state index in [0.29, 0.717) is 12.6 Å². The average Bonchev–Trinajstić information content (AvgIpc) is 2.55. The number of nitrogens with one attached hydrogen (secondary N) is 1. The summed E-state index contributed by atoms with van der Waals surface area (Å²) in [6.45, 7) is 7.97. The van der Waals surface area contributed by atoms with Crippen molar-refractivity contribution in [3.63, 3.8) is 0 Å². The number of likely N-dealkylation sites (N-methyl/N-ethyl adjacent to an activating group) is 1. The van der Waals surface area contributed by atoms with Gasteiger partial charge in [-0.2, -0.15) is 0 Å². The van der Waals surface area contributed by atoms with Crippen LogP contribution in [0.1, 0.15) is 38.3 Å². The third kappa shape index (κ3) is 5.48. The van der Waals surface area contributed by atoms with Crippen molar-refractivity contribution in [3.05, 3.63) is 34.9 Å². The number of amides is 1. The van der Waals surface area contributed by atoms with Crippen LogP contribution in [0.2, 0.25) is 5.02 Å². The minimum Gasteiger partial charge on any atom is -0.352 e. The van der Waals surface area contributed by atoms with E-state index in [1.54, 1.807) is 0 Å². The van der Waals surface area contributed by atoms with Crippen molar-refractivity contribution in [3.8, 4) is 0 Å². The minimum absolute atomic E-state index is 0.114. The molecule has 1 aliphatic rings. The molecule has 1 aromatic carbocycles. The van der Waals surface area contributed by atoms with Crippen molar-refractivity contribution in [1.82, 2.24) is 15.1 Å². The van der Waals surface area contributed by atoms with Crippen LogP contribution in [-0.4, -0.2) is 55.0 Å². The molecule has 5 heteroatoms. The summed E-state index contributed by atoms with van der Waals surface area (Å²) in [5.74, 6) is 0.114. The van der Waals surface area contributed by atoms with Crippen LogP contribution >= 0.6 is 11.6 Å². The summed E-state index contributed by atoms with van der Waals surface area (Å²) < 4.78 is 0. The molecule has 1 aromatic rings. The predicted octanol–water partition coefficient (Wildman–Crippen LogP) is 2.93. The monoisotopic (exact) mass is 337 g/mol. The summed E-state index contributed by atoms with van der Waals surface area (Å²) in [6.07, 6.45) is 2.10. The summed E-state index contributed by atoms with van der Waals surface area (Å²) in [7, 11) is 1.98. The Bertz CT molecular complexity index is 497. The second-order valence-electron chi connectivity index (χ2n) is 6.42. The second kappa shape index (κ2) is 8.67. The number of likely N-dealkylation sites (tertiary alicyclic amines) is 1. The first-order valence-corrected chi connectivity index (χ1v) is 8.84. The van der Waals surface area contributed by atoms with E-state index >= 15 is 0 Å². The molecule has 0 aliphatic carbocycles. The molecule has 1 aliphatic heterocycles. The minimum atomic E-state index is 0.114. The van der Waals surface area contributed by atoms with Crippen LogP contribution in [0.5, 0.6) is 0 Å². The van der Waals surface area contributed by atoms with Gasteiger partial charge in [0.25, 0.3) is 0 Å². The van der Waals surface area contributed by atoms with Crippen LogP contribution in [0.4, 0.5) is 0 Å². The standard InChI is InChI=1S/C18H28ClN3O/c1-4-22-11-9-17(10-12-22)20-18(23)13-21(3)14(2)15-5-7-16(19)8-6-15/h5-8,14,17H,4,9-13H2,1-3H3,(H,20,23). The Hall–Kier alpha value is -1.10. The van der Waals surface area contributed by atoms with E-state index < -0.39 is 0 Å². The molecule has 1 atom stereocenters. The molecule has 0 saturated carbocycles. The Labute approximate surface area is 144 Å².